The van der Waals surface area contributed by atoms with Crippen LogP contribution in [0.25, 0.3) is 0 Å². The molecule has 20 heavy (non-hydrogen) atoms. The van der Waals surface area contributed by atoms with Crippen LogP contribution in [0.3, 0.4) is 0 Å². The Morgan fingerprint density at radius 1 is 1.30 bits per heavy atom. The third-order valence-electron chi connectivity index (χ3n) is 3.76. The van der Waals surface area contributed by atoms with Gasteiger partial charge in [-0.25, -0.2) is 0 Å². The lowest BCUT2D eigenvalue weighted by molar-refractivity contribution is 0.0791. The van der Waals surface area contributed by atoms with Crippen LogP contribution in [0.2, 0.25) is 0 Å². The SMILES string of the molecule is Cc1ccc(CC(C)NC2COCc3ccccc32)s1. The van der Waals surface area contributed by atoms with Crippen molar-refractivity contribution in [2.45, 2.75) is 39.0 Å². The Balaban J connectivity index is 1.66. The van der Waals surface area contributed by atoms with Crippen molar-refractivity contribution in [1.82, 2.24) is 5.32 Å². The maximum absolute atomic E-state index is 5.70. The molecule has 1 aliphatic heterocycles. The van der Waals surface area contributed by atoms with Crippen molar-refractivity contribution in [3.05, 3.63) is 57.3 Å². The molecule has 3 rings (SSSR count). The maximum Gasteiger partial charge on any atom is 0.0721 e. The molecule has 0 aliphatic carbocycles. The molecular weight excluding hydrogens is 266 g/mol. The fourth-order valence-corrected chi connectivity index (χ4v) is 3.84. The molecule has 2 unspecified atom stereocenters. The lowest BCUT2D eigenvalue weighted by atomic mass is 9.98. The minimum atomic E-state index is 0.316. The van der Waals surface area contributed by atoms with Crippen molar-refractivity contribution < 1.29 is 4.74 Å². The largest absolute Gasteiger partial charge is 0.375 e. The lowest BCUT2D eigenvalue weighted by Crippen LogP contribution is -2.36. The Morgan fingerprint density at radius 3 is 2.95 bits per heavy atom. The van der Waals surface area contributed by atoms with Crippen LogP contribution in [-0.4, -0.2) is 12.6 Å². The average Bonchev–Trinajstić information content (AvgIpc) is 2.84. The topological polar surface area (TPSA) is 21.3 Å². The average molecular weight is 287 g/mol. The van der Waals surface area contributed by atoms with E-state index in [0.717, 1.165) is 19.6 Å². The highest BCUT2D eigenvalue weighted by molar-refractivity contribution is 7.11. The van der Waals surface area contributed by atoms with E-state index >= 15 is 0 Å². The second kappa shape index (κ2) is 6.08. The molecule has 1 N–H and O–H groups in total. The summed E-state index contributed by atoms with van der Waals surface area (Å²) in [5, 5.41) is 3.71. The summed E-state index contributed by atoms with van der Waals surface area (Å²) in [6, 6.07) is 13.8. The highest BCUT2D eigenvalue weighted by Crippen LogP contribution is 2.25. The van der Waals surface area contributed by atoms with Crippen LogP contribution < -0.4 is 5.32 Å². The molecule has 2 atom stereocenters. The van der Waals surface area contributed by atoms with E-state index in [-0.39, 0.29) is 0 Å². The number of ether oxygens (including phenoxy) is 1. The molecule has 2 heterocycles. The highest BCUT2D eigenvalue weighted by Gasteiger charge is 2.21. The van der Waals surface area contributed by atoms with Crippen molar-refractivity contribution in [3.63, 3.8) is 0 Å². The zero-order chi connectivity index (χ0) is 13.9. The van der Waals surface area contributed by atoms with E-state index in [0.29, 0.717) is 12.1 Å². The Bertz CT molecular complexity index is 578. The van der Waals surface area contributed by atoms with E-state index in [1.165, 1.54) is 20.9 Å². The van der Waals surface area contributed by atoms with Gasteiger partial charge >= 0.3 is 0 Å². The summed E-state index contributed by atoms with van der Waals surface area (Å²) in [6.45, 7) is 5.93. The molecule has 1 aromatic heterocycles. The van der Waals surface area contributed by atoms with Crippen molar-refractivity contribution in [2.75, 3.05) is 6.61 Å². The maximum atomic E-state index is 5.70. The number of nitrogens with one attached hydrogen (secondary N) is 1. The molecule has 3 heteroatoms. The molecule has 0 fully saturated rings. The van der Waals surface area contributed by atoms with Gasteiger partial charge in [0.25, 0.3) is 0 Å². The standard InChI is InChI=1S/C17H21NOS/c1-12(9-15-8-7-13(2)20-15)18-17-11-19-10-14-5-3-4-6-16(14)17/h3-8,12,17-18H,9-11H2,1-2H3. The van der Waals surface area contributed by atoms with E-state index in [1.54, 1.807) is 0 Å². The first kappa shape index (κ1) is 13.8. The molecular formula is C17H21NOS. The monoisotopic (exact) mass is 287 g/mol. The molecule has 2 aromatic rings. The van der Waals surface area contributed by atoms with E-state index in [2.05, 4.69) is 55.6 Å². The second-order valence-corrected chi connectivity index (χ2v) is 6.92. The Kier molecular flexibility index (Phi) is 4.20. The summed E-state index contributed by atoms with van der Waals surface area (Å²) in [7, 11) is 0. The van der Waals surface area contributed by atoms with Crippen LogP contribution in [0.5, 0.6) is 0 Å². The summed E-state index contributed by atoms with van der Waals surface area (Å²) in [5.41, 5.74) is 2.71. The molecule has 0 spiro atoms. The van der Waals surface area contributed by atoms with Gasteiger partial charge in [-0.15, -0.1) is 11.3 Å². The van der Waals surface area contributed by atoms with Crippen molar-refractivity contribution in [1.29, 1.82) is 0 Å². The van der Waals surface area contributed by atoms with Gasteiger partial charge in [0.2, 0.25) is 0 Å². The van der Waals surface area contributed by atoms with Gasteiger partial charge < -0.3 is 10.1 Å². The van der Waals surface area contributed by atoms with Gasteiger partial charge in [-0.2, -0.15) is 0 Å². The number of fused-ring (bicyclic) bond motifs is 1. The number of aryl methyl sites for hydroxylation is 1. The molecule has 0 radical (unpaired) electrons. The van der Waals surface area contributed by atoms with Crippen LogP contribution in [-0.2, 0) is 17.8 Å². The Morgan fingerprint density at radius 2 is 2.15 bits per heavy atom. The minimum absolute atomic E-state index is 0.316. The number of thiophene rings is 1. The molecule has 0 saturated heterocycles. The number of hydrogen-bond donors (Lipinski definition) is 1. The van der Waals surface area contributed by atoms with Gasteiger partial charge in [0.1, 0.15) is 0 Å². The van der Waals surface area contributed by atoms with Crippen molar-refractivity contribution >= 4 is 11.3 Å². The predicted molar refractivity (Wildman–Crippen MR) is 84.2 cm³/mol. The summed E-state index contributed by atoms with van der Waals surface area (Å²) in [6.07, 6.45) is 1.08. The second-order valence-electron chi connectivity index (χ2n) is 5.55. The molecule has 0 saturated carbocycles. The Hall–Kier alpha value is -1.16. The van der Waals surface area contributed by atoms with E-state index < -0.39 is 0 Å². The smallest absolute Gasteiger partial charge is 0.0721 e. The zero-order valence-corrected chi connectivity index (χ0v) is 12.9. The summed E-state index contributed by atoms with van der Waals surface area (Å²) < 4.78 is 5.70. The van der Waals surface area contributed by atoms with Gasteiger partial charge in [-0.1, -0.05) is 24.3 Å². The predicted octanol–water partition coefficient (Wildman–Crippen LogP) is 3.85. The summed E-state index contributed by atoms with van der Waals surface area (Å²) >= 11 is 1.89. The summed E-state index contributed by atoms with van der Waals surface area (Å²) in [5.74, 6) is 0. The van der Waals surface area contributed by atoms with Crippen LogP contribution in [0.4, 0.5) is 0 Å². The van der Waals surface area contributed by atoms with Crippen LogP contribution >= 0.6 is 11.3 Å². The van der Waals surface area contributed by atoms with Gasteiger partial charge in [0, 0.05) is 15.8 Å². The van der Waals surface area contributed by atoms with Crippen molar-refractivity contribution in [3.8, 4) is 0 Å². The quantitative estimate of drug-likeness (QED) is 0.922. The molecule has 0 amide bonds. The third-order valence-corrected chi connectivity index (χ3v) is 4.78. The van der Waals surface area contributed by atoms with Gasteiger partial charge in [0.15, 0.2) is 0 Å². The normalized spacial score (nSPS) is 19.6. The van der Waals surface area contributed by atoms with Gasteiger partial charge in [-0.3, -0.25) is 0 Å². The van der Waals surface area contributed by atoms with Crippen LogP contribution in [0.1, 0.15) is 33.8 Å². The first-order chi connectivity index (χ1) is 9.72. The number of rotatable bonds is 4. The van der Waals surface area contributed by atoms with Crippen LogP contribution in [0.15, 0.2) is 36.4 Å². The lowest BCUT2D eigenvalue weighted by Gasteiger charge is -2.29. The summed E-state index contributed by atoms with van der Waals surface area (Å²) in [4.78, 5) is 2.84. The molecule has 1 aliphatic rings. The van der Waals surface area contributed by atoms with E-state index in [9.17, 15) is 0 Å². The van der Waals surface area contributed by atoms with Crippen molar-refractivity contribution in [2.24, 2.45) is 0 Å². The minimum Gasteiger partial charge on any atom is -0.375 e. The molecule has 1 aromatic carbocycles. The molecule has 0 bridgehead atoms. The zero-order valence-electron chi connectivity index (χ0n) is 12.1. The number of benzene rings is 1. The fraction of sp³-hybridized carbons (Fsp3) is 0.412. The molecule has 2 nitrogen and oxygen atoms in total. The first-order valence-electron chi connectivity index (χ1n) is 7.19. The van der Waals surface area contributed by atoms with Crippen LogP contribution in [0, 0.1) is 6.92 Å². The fourth-order valence-electron chi connectivity index (χ4n) is 2.82. The van der Waals surface area contributed by atoms with E-state index in [4.69, 9.17) is 4.74 Å². The first-order valence-corrected chi connectivity index (χ1v) is 8.01. The highest BCUT2D eigenvalue weighted by atomic mass is 32.1. The van der Waals surface area contributed by atoms with Gasteiger partial charge in [-0.05, 0) is 43.5 Å². The number of hydrogen-bond acceptors (Lipinski definition) is 3. The third kappa shape index (κ3) is 3.11. The van der Waals surface area contributed by atoms with Gasteiger partial charge in [0.05, 0.1) is 19.3 Å². The van der Waals surface area contributed by atoms with E-state index in [1.807, 2.05) is 11.3 Å². The molecule has 106 valence electrons. The Labute approximate surface area is 124 Å².